The Kier molecular flexibility index (Phi) is 4.15. The lowest BCUT2D eigenvalue weighted by atomic mass is 9.97. The topological polar surface area (TPSA) is 32.7 Å². The number of likely N-dealkylation sites (tertiary alicyclic amines) is 1. The van der Waals surface area contributed by atoms with Gasteiger partial charge in [0, 0.05) is 26.2 Å². The third-order valence-electron chi connectivity index (χ3n) is 3.00. The first kappa shape index (κ1) is 12.6. The number of ether oxygens (including phenoxy) is 1. The SMILES string of the molecule is CC1(O)CN(CCCOCc2ccccc2)C1. The first-order valence-electron chi connectivity index (χ1n) is 6.22. The van der Waals surface area contributed by atoms with Gasteiger partial charge in [-0.05, 0) is 18.9 Å². The summed E-state index contributed by atoms with van der Waals surface area (Å²) in [6.07, 6.45) is 1.03. The maximum Gasteiger partial charge on any atom is 0.0872 e. The summed E-state index contributed by atoms with van der Waals surface area (Å²) in [5.74, 6) is 0. The highest BCUT2D eigenvalue weighted by molar-refractivity contribution is 5.13. The summed E-state index contributed by atoms with van der Waals surface area (Å²) >= 11 is 0. The monoisotopic (exact) mass is 235 g/mol. The Morgan fingerprint density at radius 2 is 2.00 bits per heavy atom. The summed E-state index contributed by atoms with van der Waals surface area (Å²) in [6, 6.07) is 10.2. The van der Waals surface area contributed by atoms with E-state index in [1.165, 1.54) is 5.56 Å². The Labute approximate surface area is 103 Å². The van der Waals surface area contributed by atoms with Gasteiger partial charge in [-0.1, -0.05) is 30.3 Å². The normalized spacial score (nSPS) is 18.9. The van der Waals surface area contributed by atoms with Crippen LogP contribution in [0, 0.1) is 0 Å². The summed E-state index contributed by atoms with van der Waals surface area (Å²) in [5, 5.41) is 9.56. The van der Waals surface area contributed by atoms with Crippen LogP contribution in [0.1, 0.15) is 18.9 Å². The zero-order valence-corrected chi connectivity index (χ0v) is 10.4. The molecule has 0 spiro atoms. The Morgan fingerprint density at radius 1 is 1.29 bits per heavy atom. The van der Waals surface area contributed by atoms with Crippen molar-refractivity contribution in [2.45, 2.75) is 25.6 Å². The summed E-state index contributed by atoms with van der Waals surface area (Å²) in [7, 11) is 0. The van der Waals surface area contributed by atoms with Crippen molar-refractivity contribution in [3.8, 4) is 0 Å². The molecule has 1 aliphatic heterocycles. The molecular weight excluding hydrogens is 214 g/mol. The van der Waals surface area contributed by atoms with Gasteiger partial charge in [-0.25, -0.2) is 0 Å². The first-order chi connectivity index (χ1) is 8.16. The van der Waals surface area contributed by atoms with E-state index in [2.05, 4.69) is 17.0 Å². The molecule has 0 atom stereocenters. The van der Waals surface area contributed by atoms with Gasteiger partial charge in [0.15, 0.2) is 0 Å². The van der Waals surface area contributed by atoms with Gasteiger partial charge in [0.1, 0.15) is 0 Å². The largest absolute Gasteiger partial charge is 0.388 e. The minimum Gasteiger partial charge on any atom is -0.388 e. The molecule has 1 N–H and O–H groups in total. The van der Waals surface area contributed by atoms with Crippen LogP contribution in [0.4, 0.5) is 0 Å². The van der Waals surface area contributed by atoms with Gasteiger partial charge in [-0.2, -0.15) is 0 Å². The summed E-state index contributed by atoms with van der Waals surface area (Å²) < 4.78 is 5.60. The van der Waals surface area contributed by atoms with E-state index >= 15 is 0 Å². The standard InChI is InChI=1S/C14H21NO2/c1-14(16)11-15(12-14)8-5-9-17-10-13-6-3-2-4-7-13/h2-4,6-7,16H,5,8-12H2,1H3. The van der Waals surface area contributed by atoms with Crippen molar-refractivity contribution in [3.63, 3.8) is 0 Å². The van der Waals surface area contributed by atoms with Crippen molar-refractivity contribution in [1.29, 1.82) is 0 Å². The maximum atomic E-state index is 9.56. The summed E-state index contributed by atoms with van der Waals surface area (Å²) in [5.41, 5.74) is 0.768. The number of benzene rings is 1. The molecule has 0 unspecified atom stereocenters. The Bertz CT molecular complexity index is 329. The van der Waals surface area contributed by atoms with Crippen LogP contribution in [0.5, 0.6) is 0 Å². The first-order valence-corrected chi connectivity index (χ1v) is 6.22. The molecule has 0 amide bonds. The summed E-state index contributed by atoms with van der Waals surface area (Å²) in [4.78, 5) is 2.26. The van der Waals surface area contributed by atoms with Crippen LogP contribution in [0.3, 0.4) is 0 Å². The van der Waals surface area contributed by atoms with Gasteiger partial charge in [0.2, 0.25) is 0 Å². The molecule has 3 heteroatoms. The van der Waals surface area contributed by atoms with E-state index in [-0.39, 0.29) is 0 Å². The van der Waals surface area contributed by atoms with Gasteiger partial charge >= 0.3 is 0 Å². The van der Waals surface area contributed by atoms with E-state index in [1.54, 1.807) is 0 Å². The smallest absolute Gasteiger partial charge is 0.0872 e. The fourth-order valence-corrected chi connectivity index (χ4v) is 2.23. The highest BCUT2D eigenvalue weighted by Gasteiger charge is 2.35. The third-order valence-corrected chi connectivity index (χ3v) is 3.00. The number of β-amino-alcohol motifs (C(OH)–C–C–N with tert-alkyl or cyclic N) is 1. The zero-order chi connectivity index (χ0) is 12.1. The average Bonchev–Trinajstić information content (AvgIpc) is 2.27. The summed E-state index contributed by atoms with van der Waals surface area (Å²) in [6.45, 7) is 5.98. The van der Waals surface area contributed by atoms with E-state index < -0.39 is 5.60 Å². The molecular formula is C14H21NO2. The van der Waals surface area contributed by atoms with Crippen molar-refractivity contribution in [2.75, 3.05) is 26.2 Å². The lowest BCUT2D eigenvalue weighted by Gasteiger charge is -2.44. The lowest BCUT2D eigenvalue weighted by molar-refractivity contribution is -0.0851. The van der Waals surface area contributed by atoms with Gasteiger partial charge in [-0.15, -0.1) is 0 Å². The molecule has 0 radical (unpaired) electrons. The molecule has 94 valence electrons. The quantitative estimate of drug-likeness (QED) is 0.761. The minimum absolute atomic E-state index is 0.453. The molecule has 0 aromatic heterocycles. The molecule has 1 heterocycles. The highest BCUT2D eigenvalue weighted by Crippen LogP contribution is 2.19. The van der Waals surface area contributed by atoms with Crippen LogP contribution in [0.15, 0.2) is 30.3 Å². The minimum atomic E-state index is -0.453. The van der Waals surface area contributed by atoms with Crippen molar-refractivity contribution < 1.29 is 9.84 Å². The molecule has 17 heavy (non-hydrogen) atoms. The van der Waals surface area contributed by atoms with Crippen molar-refractivity contribution in [2.24, 2.45) is 0 Å². The molecule has 1 fully saturated rings. The van der Waals surface area contributed by atoms with Gasteiger partial charge < -0.3 is 9.84 Å². The lowest BCUT2D eigenvalue weighted by Crippen LogP contribution is -2.59. The molecule has 0 bridgehead atoms. The predicted octanol–water partition coefficient (Wildman–Crippen LogP) is 1.66. The second-order valence-electron chi connectivity index (χ2n) is 5.10. The number of aliphatic hydroxyl groups is 1. The van der Waals surface area contributed by atoms with Gasteiger partial charge in [0.25, 0.3) is 0 Å². The fourth-order valence-electron chi connectivity index (χ4n) is 2.23. The molecule has 1 aromatic carbocycles. The van der Waals surface area contributed by atoms with E-state index in [9.17, 15) is 5.11 Å². The molecule has 3 nitrogen and oxygen atoms in total. The van der Waals surface area contributed by atoms with Crippen LogP contribution in [-0.2, 0) is 11.3 Å². The molecule has 1 aliphatic rings. The van der Waals surface area contributed by atoms with Crippen molar-refractivity contribution in [1.82, 2.24) is 4.90 Å². The fraction of sp³-hybridized carbons (Fsp3) is 0.571. The van der Waals surface area contributed by atoms with E-state index in [0.29, 0.717) is 6.61 Å². The van der Waals surface area contributed by atoms with Crippen LogP contribution in [0.2, 0.25) is 0 Å². The Hall–Kier alpha value is -0.900. The second kappa shape index (κ2) is 5.63. The third kappa shape index (κ3) is 4.11. The Morgan fingerprint density at radius 3 is 2.65 bits per heavy atom. The number of hydrogen-bond donors (Lipinski definition) is 1. The van der Waals surface area contributed by atoms with Crippen LogP contribution in [0.25, 0.3) is 0 Å². The van der Waals surface area contributed by atoms with E-state index in [0.717, 1.165) is 32.7 Å². The zero-order valence-electron chi connectivity index (χ0n) is 10.4. The maximum absolute atomic E-state index is 9.56. The number of rotatable bonds is 6. The highest BCUT2D eigenvalue weighted by atomic mass is 16.5. The average molecular weight is 235 g/mol. The van der Waals surface area contributed by atoms with Crippen LogP contribution < -0.4 is 0 Å². The Balaban J connectivity index is 1.50. The second-order valence-corrected chi connectivity index (χ2v) is 5.10. The number of hydrogen-bond acceptors (Lipinski definition) is 3. The van der Waals surface area contributed by atoms with Crippen molar-refractivity contribution in [3.05, 3.63) is 35.9 Å². The van der Waals surface area contributed by atoms with E-state index in [1.807, 2.05) is 25.1 Å². The van der Waals surface area contributed by atoms with Gasteiger partial charge in [0.05, 0.1) is 12.2 Å². The van der Waals surface area contributed by atoms with Crippen molar-refractivity contribution >= 4 is 0 Å². The van der Waals surface area contributed by atoms with Gasteiger partial charge in [-0.3, -0.25) is 4.90 Å². The van der Waals surface area contributed by atoms with E-state index in [4.69, 9.17) is 4.74 Å². The number of nitrogens with zero attached hydrogens (tertiary/aromatic N) is 1. The van der Waals surface area contributed by atoms with Crippen LogP contribution >= 0.6 is 0 Å². The molecule has 0 aliphatic carbocycles. The molecule has 2 rings (SSSR count). The molecule has 1 saturated heterocycles. The predicted molar refractivity (Wildman–Crippen MR) is 67.8 cm³/mol. The van der Waals surface area contributed by atoms with Crippen LogP contribution in [-0.4, -0.2) is 41.8 Å². The molecule has 1 aromatic rings. The molecule has 0 saturated carbocycles.